The minimum Gasteiger partial charge on any atom is -0.496 e. The number of benzene rings is 1. The molecule has 0 radical (unpaired) electrons. The zero-order valence-electron chi connectivity index (χ0n) is 11.6. The van der Waals surface area contributed by atoms with Crippen LogP contribution in [-0.2, 0) is 17.6 Å². The SMILES string of the molecule is CCc1cc(CC(N)C(=O)N(C)C)ccc1OC. The summed E-state index contributed by atoms with van der Waals surface area (Å²) in [4.78, 5) is 13.2. The Balaban J connectivity index is 2.82. The molecule has 1 atom stereocenters. The first-order valence-electron chi connectivity index (χ1n) is 6.12. The van der Waals surface area contributed by atoms with Gasteiger partial charge in [-0.25, -0.2) is 0 Å². The number of hydrogen-bond acceptors (Lipinski definition) is 3. The molecule has 1 rings (SSSR count). The van der Waals surface area contributed by atoms with Crippen LogP contribution in [0.3, 0.4) is 0 Å². The summed E-state index contributed by atoms with van der Waals surface area (Å²) in [5.74, 6) is 0.831. The first-order valence-corrected chi connectivity index (χ1v) is 6.12. The van der Waals surface area contributed by atoms with Gasteiger partial charge in [0, 0.05) is 14.1 Å². The Labute approximate surface area is 109 Å². The molecule has 100 valence electrons. The van der Waals surface area contributed by atoms with E-state index < -0.39 is 6.04 Å². The molecule has 1 aromatic carbocycles. The van der Waals surface area contributed by atoms with Gasteiger partial charge in [0.2, 0.25) is 5.91 Å². The number of methoxy groups -OCH3 is 1. The second-order valence-electron chi connectivity index (χ2n) is 4.54. The topological polar surface area (TPSA) is 55.6 Å². The van der Waals surface area contributed by atoms with Crippen molar-refractivity contribution in [3.8, 4) is 5.75 Å². The molecule has 2 N–H and O–H groups in total. The van der Waals surface area contributed by atoms with Crippen LogP contribution in [0.25, 0.3) is 0 Å². The van der Waals surface area contributed by atoms with Gasteiger partial charge >= 0.3 is 0 Å². The highest BCUT2D eigenvalue weighted by molar-refractivity contribution is 5.81. The van der Waals surface area contributed by atoms with Crippen LogP contribution < -0.4 is 10.5 Å². The molecule has 0 saturated heterocycles. The first-order chi connectivity index (χ1) is 8.49. The second-order valence-corrected chi connectivity index (χ2v) is 4.54. The number of rotatable bonds is 5. The molecule has 0 aliphatic carbocycles. The molecular weight excluding hydrogens is 228 g/mol. The van der Waals surface area contributed by atoms with Crippen molar-refractivity contribution < 1.29 is 9.53 Å². The van der Waals surface area contributed by atoms with E-state index in [9.17, 15) is 4.79 Å². The number of carbonyl (C=O) groups is 1. The molecule has 0 saturated carbocycles. The van der Waals surface area contributed by atoms with Gasteiger partial charge in [0.25, 0.3) is 0 Å². The number of ether oxygens (including phenoxy) is 1. The Morgan fingerprint density at radius 1 is 1.44 bits per heavy atom. The van der Waals surface area contributed by atoms with Crippen LogP contribution in [0.5, 0.6) is 5.75 Å². The van der Waals surface area contributed by atoms with Crippen molar-refractivity contribution in [3.05, 3.63) is 29.3 Å². The summed E-state index contributed by atoms with van der Waals surface area (Å²) < 4.78 is 5.28. The van der Waals surface area contributed by atoms with Gasteiger partial charge in [-0.3, -0.25) is 4.79 Å². The maximum atomic E-state index is 11.7. The lowest BCUT2D eigenvalue weighted by Gasteiger charge is -2.17. The highest BCUT2D eigenvalue weighted by atomic mass is 16.5. The third kappa shape index (κ3) is 3.47. The van der Waals surface area contributed by atoms with Crippen LogP contribution in [0, 0.1) is 0 Å². The van der Waals surface area contributed by atoms with E-state index in [1.807, 2.05) is 12.1 Å². The summed E-state index contributed by atoms with van der Waals surface area (Å²) >= 11 is 0. The fourth-order valence-electron chi connectivity index (χ4n) is 1.91. The van der Waals surface area contributed by atoms with Gasteiger partial charge in [-0.05, 0) is 30.0 Å². The number of hydrogen-bond donors (Lipinski definition) is 1. The fraction of sp³-hybridized carbons (Fsp3) is 0.500. The lowest BCUT2D eigenvalue weighted by molar-refractivity contribution is -0.130. The van der Waals surface area contributed by atoms with Crippen molar-refractivity contribution in [2.45, 2.75) is 25.8 Å². The summed E-state index contributed by atoms with van der Waals surface area (Å²) in [5.41, 5.74) is 8.09. The van der Waals surface area contributed by atoms with Crippen molar-refractivity contribution in [2.24, 2.45) is 5.73 Å². The van der Waals surface area contributed by atoms with E-state index in [4.69, 9.17) is 10.5 Å². The largest absolute Gasteiger partial charge is 0.496 e. The molecule has 1 amide bonds. The van der Waals surface area contributed by atoms with Gasteiger partial charge in [-0.1, -0.05) is 19.1 Å². The van der Waals surface area contributed by atoms with E-state index in [-0.39, 0.29) is 5.91 Å². The van der Waals surface area contributed by atoms with E-state index >= 15 is 0 Å². The van der Waals surface area contributed by atoms with Crippen LogP contribution in [0.15, 0.2) is 18.2 Å². The monoisotopic (exact) mass is 250 g/mol. The maximum Gasteiger partial charge on any atom is 0.239 e. The normalized spacial score (nSPS) is 12.1. The number of carbonyl (C=O) groups excluding carboxylic acids is 1. The van der Waals surface area contributed by atoms with Gasteiger partial charge in [-0.2, -0.15) is 0 Å². The Kier molecular flexibility index (Phi) is 5.16. The second kappa shape index (κ2) is 6.40. The summed E-state index contributed by atoms with van der Waals surface area (Å²) in [6, 6.07) is 5.46. The number of nitrogens with two attached hydrogens (primary N) is 1. The fourth-order valence-corrected chi connectivity index (χ4v) is 1.91. The molecule has 18 heavy (non-hydrogen) atoms. The number of amides is 1. The molecule has 0 bridgehead atoms. The Hall–Kier alpha value is -1.55. The highest BCUT2D eigenvalue weighted by Crippen LogP contribution is 2.21. The molecule has 4 heteroatoms. The van der Waals surface area contributed by atoms with Crippen molar-refractivity contribution in [3.63, 3.8) is 0 Å². The predicted molar refractivity (Wildman–Crippen MR) is 72.7 cm³/mol. The van der Waals surface area contributed by atoms with Crippen LogP contribution in [-0.4, -0.2) is 38.1 Å². The van der Waals surface area contributed by atoms with Crippen molar-refractivity contribution in [1.29, 1.82) is 0 Å². The number of likely N-dealkylation sites (N-methyl/N-ethyl adjacent to an activating group) is 1. The van der Waals surface area contributed by atoms with Gasteiger partial charge < -0.3 is 15.4 Å². The standard InChI is InChI=1S/C14H22N2O2/c1-5-11-8-10(6-7-13(11)18-4)9-12(15)14(17)16(2)3/h6-8,12H,5,9,15H2,1-4H3. The van der Waals surface area contributed by atoms with Crippen molar-refractivity contribution >= 4 is 5.91 Å². The van der Waals surface area contributed by atoms with E-state index in [2.05, 4.69) is 13.0 Å². The average Bonchev–Trinajstić information content (AvgIpc) is 2.37. The van der Waals surface area contributed by atoms with Gasteiger partial charge in [0.15, 0.2) is 0 Å². The molecule has 0 aliphatic heterocycles. The number of nitrogens with zero attached hydrogens (tertiary/aromatic N) is 1. The summed E-state index contributed by atoms with van der Waals surface area (Å²) in [6.07, 6.45) is 1.45. The molecule has 0 heterocycles. The van der Waals surface area contributed by atoms with Crippen molar-refractivity contribution in [1.82, 2.24) is 4.90 Å². The molecule has 0 fully saturated rings. The Morgan fingerprint density at radius 2 is 2.11 bits per heavy atom. The summed E-state index contributed by atoms with van der Waals surface area (Å²) in [5, 5.41) is 0. The molecular formula is C14H22N2O2. The zero-order chi connectivity index (χ0) is 13.7. The molecule has 1 unspecified atom stereocenters. The van der Waals surface area contributed by atoms with Gasteiger partial charge in [0.1, 0.15) is 5.75 Å². The molecule has 0 spiro atoms. The smallest absolute Gasteiger partial charge is 0.239 e. The molecule has 0 aromatic heterocycles. The lowest BCUT2D eigenvalue weighted by Crippen LogP contribution is -2.41. The predicted octanol–water partition coefficient (Wildman–Crippen LogP) is 1.22. The van der Waals surface area contributed by atoms with E-state index in [0.717, 1.165) is 23.3 Å². The number of aryl methyl sites for hydroxylation is 1. The van der Waals surface area contributed by atoms with Gasteiger partial charge in [0.05, 0.1) is 13.2 Å². The molecule has 4 nitrogen and oxygen atoms in total. The summed E-state index contributed by atoms with van der Waals surface area (Å²) in [6.45, 7) is 2.08. The summed E-state index contributed by atoms with van der Waals surface area (Å²) in [7, 11) is 5.09. The van der Waals surface area contributed by atoms with Crippen LogP contribution >= 0.6 is 0 Å². The minimum atomic E-state index is -0.488. The first kappa shape index (κ1) is 14.5. The average molecular weight is 250 g/mol. The zero-order valence-corrected chi connectivity index (χ0v) is 11.6. The van der Waals surface area contributed by atoms with Crippen molar-refractivity contribution in [2.75, 3.05) is 21.2 Å². The van der Waals surface area contributed by atoms with Crippen LogP contribution in [0.4, 0.5) is 0 Å². The lowest BCUT2D eigenvalue weighted by atomic mass is 10.0. The molecule has 1 aromatic rings. The van der Waals surface area contributed by atoms with Gasteiger partial charge in [-0.15, -0.1) is 0 Å². The third-order valence-corrected chi connectivity index (χ3v) is 2.94. The quantitative estimate of drug-likeness (QED) is 0.854. The van der Waals surface area contributed by atoms with E-state index in [0.29, 0.717) is 6.42 Å². The van der Waals surface area contributed by atoms with Crippen LogP contribution in [0.2, 0.25) is 0 Å². The highest BCUT2D eigenvalue weighted by Gasteiger charge is 2.16. The molecule has 0 aliphatic rings. The maximum absolute atomic E-state index is 11.7. The van der Waals surface area contributed by atoms with E-state index in [1.165, 1.54) is 4.90 Å². The minimum absolute atomic E-state index is 0.0520. The van der Waals surface area contributed by atoms with Crippen LogP contribution in [0.1, 0.15) is 18.1 Å². The Bertz CT molecular complexity index is 416. The third-order valence-electron chi connectivity index (χ3n) is 2.94. The Morgan fingerprint density at radius 3 is 2.61 bits per heavy atom. The van der Waals surface area contributed by atoms with E-state index in [1.54, 1.807) is 21.2 Å².